The van der Waals surface area contributed by atoms with Gasteiger partial charge in [-0.05, 0) is 37.1 Å². The van der Waals surface area contributed by atoms with Gasteiger partial charge in [0.05, 0.1) is 0 Å². The zero-order valence-corrected chi connectivity index (χ0v) is 14.5. The third-order valence-corrected chi connectivity index (χ3v) is 3.92. The number of benzene rings is 2. The molecule has 0 saturated heterocycles. The van der Waals surface area contributed by atoms with Crippen LogP contribution in [0.15, 0.2) is 54.6 Å². The lowest BCUT2D eigenvalue weighted by molar-refractivity contribution is -0.134. The molecule has 0 bridgehead atoms. The number of anilines is 1. The van der Waals surface area contributed by atoms with Crippen molar-refractivity contribution in [3.63, 3.8) is 0 Å². The van der Waals surface area contributed by atoms with E-state index in [2.05, 4.69) is 0 Å². The smallest absolute Gasteiger partial charge is 0.236 e. The van der Waals surface area contributed by atoms with Gasteiger partial charge in [0.25, 0.3) is 0 Å². The van der Waals surface area contributed by atoms with Crippen LogP contribution in [0.3, 0.4) is 0 Å². The molecule has 0 aliphatic carbocycles. The zero-order chi connectivity index (χ0) is 17.5. The van der Waals surface area contributed by atoms with Gasteiger partial charge >= 0.3 is 0 Å². The van der Waals surface area contributed by atoms with Gasteiger partial charge in [0.15, 0.2) is 0 Å². The fourth-order valence-electron chi connectivity index (χ4n) is 2.60. The summed E-state index contributed by atoms with van der Waals surface area (Å²) in [7, 11) is 1.73. The van der Waals surface area contributed by atoms with Crippen LogP contribution in [0.1, 0.15) is 24.5 Å². The van der Waals surface area contributed by atoms with Crippen LogP contribution in [0.2, 0.25) is 0 Å². The molecule has 2 aromatic carbocycles. The van der Waals surface area contributed by atoms with E-state index in [0.717, 1.165) is 16.8 Å². The number of hydrogen-bond donors (Lipinski definition) is 0. The molecule has 0 N–H and O–H groups in total. The Morgan fingerprint density at radius 2 is 1.67 bits per heavy atom. The summed E-state index contributed by atoms with van der Waals surface area (Å²) in [6.45, 7) is 4.94. The molecule has 4 heteroatoms. The van der Waals surface area contributed by atoms with E-state index >= 15 is 0 Å². The topological polar surface area (TPSA) is 40.6 Å². The Balaban J connectivity index is 2.00. The average molecular weight is 324 g/mol. The molecular weight excluding hydrogens is 300 g/mol. The van der Waals surface area contributed by atoms with Crippen LogP contribution in [-0.2, 0) is 16.1 Å². The maximum atomic E-state index is 12.5. The second-order valence-electron chi connectivity index (χ2n) is 5.89. The molecule has 0 spiro atoms. The van der Waals surface area contributed by atoms with Gasteiger partial charge in [0.2, 0.25) is 11.8 Å². The van der Waals surface area contributed by atoms with E-state index in [9.17, 15) is 9.59 Å². The van der Waals surface area contributed by atoms with Crippen molar-refractivity contribution in [3.8, 4) is 0 Å². The number of aryl methyl sites for hydroxylation is 1. The van der Waals surface area contributed by atoms with Crippen LogP contribution in [0.25, 0.3) is 0 Å². The first kappa shape index (κ1) is 17.7. The highest BCUT2D eigenvalue weighted by atomic mass is 16.2. The number of carbonyl (C=O) groups excluding carboxylic acids is 2. The first-order valence-electron chi connectivity index (χ1n) is 8.16. The molecule has 0 aliphatic heterocycles. The molecule has 0 saturated carbocycles. The number of rotatable bonds is 6. The number of hydrogen-bond acceptors (Lipinski definition) is 2. The van der Waals surface area contributed by atoms with Crippen LogP contribution in [0, 0.1) is 6.92 Å². The second kappa shape index (κ2) is 8.29. The molecule has 0 heterocycles. The van der Waals surface area contributed by atoms with Crippen molar-refractivity contribution in [2.45, 2.75) is 26.8 Å². The standard InChI is InChI=1S/C20H24N2O2/c1-4-22(18-12-8-9-16(2)13-18)20(24)14-19(23)21(3)15-17-10-6-5-7-11-17/h5-13H,4,14-15H2,1-3H3. The fraction of sp³-hybridized carbons (Fsp3) is 0.300. The van der Waals surface area contributed by atoms with Crippen LogP contribution in [0.4, 0.5) is 5.69 Å². The largest absolute Gasteiger partial charge is 0.341 e. The molecule has 0 unspecified atom stereocenters. The van der Waals surface area contributed by atoms with Gasteiger partial charge in [-0.2, -0.15) is 0 Å². The van der Waals surface area contributed by atoms with E-state index in [-0.39, 0.29) is 18.2 Å². The maximum Gasteiger partial charge on any atom is 0.236 e. The van der Waals surface area contributed by atoms with Crippen LogP contribution in [0.5, 0.6) is 0 Å². The van der Waals surface area contributed by atoms with Crippen molar-refractivity contribution < 1.29 is 9.59 Å². The summed E-state index contributed by atoms with van der Waals surface area (Å²) < 4.78 is 0. The molecule has 2 rings (SSSR count). The average Bonchev–Trinajstić information content (AvgIpc) is 2.56. The lowest BCUT2D eigenvalue weighted by Gasteiger charge is -2.23. The summed E-state index contributed by atoms with van der Waals surface area (Å²) in [5.41, 5.74) is 2.97. The van der Waals surface area contributed by atoms with Crippen LogP contribution in [-0.4, -0.2) is 30.3 Å². The Bertz CT molecular complexity index is 698. The van der Waals surface area contributed by atoms with Crippen LogP contribution >= 0.6 is 0 Å². The van der Waals surface area contributed by atoms with Crippen molar-refractivity contribution >= 4 is 17.5 Å². The summed E-state index contributed by atoms with van der Waals surface area (Å²) in [5, 5.41) is 0. The Morgan fingerprint density at radius 1 is 0.958 bits per heavy atom. The maximum absolute atomic E-state index is 12.5. The molecule has 0 aliphatic rings. The molecule has 0 aromatic heterocycles. The lowest BCUT2D eigenvalue weighted by atomic mass is 10.2. The minimum atomic E-state index is -0.173. The molecule has 4 nitrogen and oxygen atoms in total. The molecule has 2 aromatic rings. The summed E-state index contributed by atoms with van der Waals surface area (Å²) >= 11 is 0. The number of carbonyl (C=O) groups is 2. The van der Waals surface area contributed by atoms with E-state index in [1.54, 1.807) is 16.8 Å². The number of amides is 2. The zero-order valence-electron chi connectivity index (χ0n) is 14.5. The highest BCUT2D eigenvalue weighted by Crippen LogP contribution is 2.17. The van der Waals surface area contributed by atoms with Crippen molar-refractivity contribution in [2.24, 2.45) is 0 Å². The van der Waals surface area contributed by atoms with Gasteiger partial charge in [0.1, 0.15) is 6.42 Å². The van der Waals surface area contributed by atoms with E-state index in [4.69, 9.17) is 0 Å². The quantitative estimate of drug-likeness (QED) is 0.764. The van der Waals surface area contributed by atoms with E-state index in [1.165, 1.54) is 0 Å². The molecule has 126 valence electrons. The lowest BCUT2D eigenvalue weighted by Crippen LogP contribution is -2.36. The van der Waals surface area contributed by atoms with Gasteiger partial charge < -0.3 is 9.80 Å². The Morgan fingerprint density at radius 3 is 2.29 bits per heavy atom. The van der Waals surface area contributed by atoms with Gasteiger partial charge in [-0.3, -0.25) is 9.59 Å². The first-order chi connectivity index (χ1) is 11.5. The normalized spacial score (nSPS) is 10.3. The monoisotopic (exact) mass is 324 g/mol. The third kappa shape index (κ3) is 4.69. The van der Waals surface area contributed by atoms with Crippen molar-refractivity contribution in [2.75, 3.05) is 18.5 Å². The molecule has 2 amide bonds. The minimum Gasteiger partial charge on any atom is -0.341 e. The molecule has 0 radical (unpaired) electrons. The first-order valence-corrected chi connectivity index (χ1v) is 8.16. The molecular formula is C20H24N2O2. The SMILES string of the molecule is CCN(C(=O)CC(=O)N(C)Cc1ccccc1)c1cccc(C)c1. The van der Waals surface area contributed by atoms with E-state index < -0.39 is 0 Å². The predicted molar refractivity (Wildman–Crippen MR) is 96.7 cm³/mol. The van der Waals surface area contributed by atoms with Crippen molar-refractivity contribution in [3.05, 3.63) is 65.7 Å². The summed E-state index contributed by atoms with van der Waals surface area (Å²) in [5.74, 6) is -0.344. The minimum absolute atomic E-state index is 0.120. The molecule has 0 atom stereocenters. The Labute approximate surface area is 143 Å². The highest BCUT2D eigenvalue weighted by Gasteiger charge is 2.20. The number of nitrogens with zero attached hydrogens (tertiary/aromatic N) is 2. The fourth-order valence-corrected chi connectivity index (χ4v) is 2.60. The molecule has 0 fully saturated rings. The van der Waals surface area contributed by atoms with Crippen molar-refractivity contribution in [1.29, 1.82) is 0 Å². The van der Waals surface area contributed by atoms with Gasteiger partial charge in [-0.1, -0.05) is 42.5 Å². The van der Waals surface area contributed by atoms with Gasteiger partial charge in [-0.25, -0.2) is 0 Å². The van der Waals surface area contributed by atoms with Crippen molar-refractivity contribution in [1.82, 2.24) is 4.90 Å². The van der Waals surface area contributed by atoms with E-state index in [0.29, 0.717) is 13.1 Å². The van der Waals surface area contributed by atoms with Gasteiger partial charge in [0, 0.05) is 25.8 Å². The summed E-state index contributed by atoms with van der Waals surface area (Å²) in [6, 6.07) is 17.5. The van der Waals surface area contributed by atoms with E-state index in [1.807, 2.05) is 68.4 Å². The second-order valence-corrected chi connectivity index (χ2v) is 5.89. The molecule has 24 heavy (non-hydrogen) atoms. The third-order valence-electron chi connectivity index (χ3n) is 3.92. The predicted octanol–water partition coefficient (Wildman–Crippen LogP) is 3.40. The Hall–Kier alpha value is -2.62. The summed E-state index contributed by atoms with van der Waals surface area (Å²) in [4.78, 5) is 28.1. The Kier molecular flexibility index (Phi) is 6.13. The summed E-state index contributed by atoms with van der Waals surface area (Å²) in [6.07, 6.45) is -0.120. The van der Waals surface area contributed by atoms with Gasteiger partial charge in [-0.15, -0.1) is 0 Å². The van der Waals surface area contributed by atoms with Crippen LogP contribution < -0.4 is 4.90 Å². The highest BCUT2D eigenvalue weighted by molar-refractivity contribution is 6.04.